The van der Waals surface area contributed by atoms with E-state index in [4.69, 9.17) is 21.1 Å². The molecule has 1 heterocycles. The molecule has 0 aliphatic carbocycles. The van der Waals surface area contributed by atoms with Crippen LogP contribution in [-0.2, 0) is 0 Å². The van der Waals surface area contributed by atoms with Gasteiger partial charge in [0.05, 0.1) is 12.7 Å². The molecule has 106 valence electrons. The number of carbonyl (C=O) groups excluding carboxylic acids is 1. The van der Waals surface area contributed by atoms with Crippen molar-refractivity contribution in [3.63, 3.8) is 0 Å². The van der Waals surface area contributed by atoms with E-state index in [9.17, 15) is 4.79 Å². The van der Waals surface area contributed by atoms with Crippen molar-refractivity contribution >= 4 is 23.5 Å². The van der Waals surface area contributed by atoms with Crippen LogP contribution in [-0.4, -0.2) is 12.9 Å². The Kier molecular flexibility index (Phi) is 3.43. The molecule has 0 amide bonds. The van der Waals surface area contributed by atoms with Gasteiger partial charge in [-0.2, -0.15) is 0 Å². The zero-order valence-electron chi connectivity index (χ0n) is 11.6. The summed E-state index contributed by atoms with van der Waals surface area (Å²) in [7, 11) is 1.58. The molecule has 2 aromatic carbocycles. The minimum Gasteiger partial charge on any atom is -0.497 e. The molecule has 0 saturated heterocycles. The molecule has 1 aliphatic heterocycles. The Morgan fingerprint density at radius 3 is 2.76 bits per heavy atom. The fourth-order valence-corrected chi connectivity index (χ4v) is 2.54. The number of ketones is 1. The molecule has 0 atom stereocenters. The van der Waals surface area contributed by atoms with Gasteiger partial charge in [0.25, 0.3) is 0 Å². The van der Waals surface area contributed by atoms with Gasteiger partial charge in [-0.15, -0.1) is 0 Å². The lowest BCUT2D eigenvalue weighted by Gasteiger charge is -2.04. The number of hydrogen-bond acceptors (Lipinski definition) is 3. The third-order valence-corrected chi connectivity index (χ3v) is 3.56. The highest BCUT2D eigenvalue weighted by molar-refractivity contribution is 6.30. The molecule has 0 bridgehead atoms. The number of allylic oxidation sites excluding steroid dienone is 1. The van der Waals surface area contributed by atoms with Crippen molar-refractivity contribution < 1.29 is 14.3 Å². The Labute approximate surface area is 127 Å². The molecule has 3 rings (SSSR count). The largest absolute Gasteiger partial charge is 0.497 e. The molecule has 21 heavy (non-hydrogen) atoms. The van der Waals surface area contributed by atoms with Crippen LogP contribution in [0.4, 0.5) is 0 Å². The van der Waals surface area contributed by atoms with Gasteiger partial charge in [0.2, 0.25) is 5.78 Å². The average molecular weight is 301 g/mol. The van der Waals surface area contributed by atoms with Crippen molar-refractivity contribution in [1.29, 1.82) is 0 Å². The molecule has 0 radical (unpaired) electrons. The van der Waals surface area contributed by atoms with Gasteiger partial charge in [-0.25, -0.2) is 0 Å². The van der Waals surface area contributed by atoms with Gasteiger partial charge < -0.3 is 9.47 Å². The van der Waals surface area contributed by atoms with Gasteiger partial charge in [0.1, 0.15) is 11.5 Å². The second kappa shape index (κ2) is 5.26. The number of halogens is 1. The zero-order valence-corrected chi connectivity index (χ0v) is 12.4. The van der Waals surface area contributed by atoms with Crippen LogP contribution in [0, 0.1) is 6.92 Å². The molecule has 0 spiro atoms. The highest BCUT2D eigenvalue weighted by atomic mass is 35.5. The normalized spacial score (nSPS) is 15.0. The molecule has 4 heteroatoms. The number of rotatable bonds is 2. The summed E-state index contributed by atoms with van der Waals surface area (Å²) in [5.74, 6) is 1.38. The van der Waals surface area contributed by atoms with Crippen LogP contribution in [0.25, 0.3) is 6.08 Å². The van der Waals surface area contributed by atoms with Gasteiger partial charge in [-0.3, -0.25) is 4.79 Å². The smallest absolute Gasteiger partial charge is 0.232 e. The zero-order chi connectivity index (χ0) is 15.0. The average Bonchev–Trinajstić information content (AvgIpc) is 2.75. The number of benzene rings is 2. The highest BCUT2D eigenvalue weighted by Crippen LogP contribution is 2.37. The van der Waals surface area contributed by atoms with Crippen LogP contribution in [0.3, 0.4) is 0 Å². The Morgan fingerprint density at radius 1 is 1.24 bits per heavy atom. The van der Waals surface area contributed by atoms with Gasteiger partial charge in [0, 0.05) is 11.1 Å². The van der Waals surface area contributed by atoms with Crippen molar-refractivity contribution in [1.82, 2.24) is 0 Å². The monoisotopic (exact) mass is 300 g/mol. The van der Waals surface area contributed by atoms with Crippen LogP contribution >= 0.6 is 11.6 Å². The van der Waals surface area contributed by atoms with E-state index in [1.54, 1.807) is 31.4 Å². The Bertz CT molecular complexity index is 763. The molecule has 0 unspecified atom stereocenters. The second-order valence-corrected chi connectivity index (χ2v) is 5.25. The van der Waals surface area contributed by atoms with Crippen molar-refractivity contribution in [2.75, 3.05) is 7.11 Å². The number of hydrogen-bond donors (Lipinski definition) is 0. The summed E-state index contributed by atoms with van der Waals surface area (Å²) in [6.45, 7) is 1.87. The molecular weight excluding hydrogens is 288 g/mol. The van der Waals surface area contributed by atoms with E-state index >= 15 is 0 Å². The SMILES string of the molecule is COc1cc(C)c2c(c1)O/C(=C\c1cccc(Cl)c1)C2=O. The van der Waals surface area contributed by atoms with E-state index < -0.39 is 0 Å². The van der Waals surface area contributed by atoms with Gasteiger partial charge >= 0.3 is 0 Å². The lowest BCUT2D eigenvalue weighted by molar-refractivity contribution is 0.101. The highest BCUT2D eigenvalue weighted by Gasteiger charge is 2.29. The van der Waals surface area contributed by atoms with Crippen molar-refractivity contribution in [3.05, 3.63) is 63.9 Å². The Hall–Kier alpha value is -2.26. The van der Waals surface area contributed by atoms with Crippen LogP contribution in [0.5, 0.6) is 11.5 Å². The van der Waals surface area contributed by atoms with Crippen LogP contribution in [0.2, 0.25) is 5.02 Å². The molecule has 0 aromatic heterocycles. The van der Waals surface area contributed by atoms with Gasteiger partial charge in [-0.1, -0.05) is 23.7 Å². The maximum atomic E-state index is 12.4. The maximum absolute atomic E-state index is 12.4. The van der Waals surface area contributed by atoms with E-state index in [-0.39, 0.29) is 5.78 Å². The molecule has 0 N–H and O–H groups in total. The number of Topliss-reactive ketones (excluding diaryl/α,β-unsaturated/α-hetero) is 1. The molecule has 1 aliphatic rings. The number of fused-ring (bicyclic) bond motifs is 1. The van der Waals surface area contributed by atoms with Gasteiger partial charge in [0.15, 0.2) is 5.76 Å². The fourth-order valence-electron chi connectivity index (χ4n) is 2.34. The first-order chi connectivity index (χ1) is 10.1. The van der Waals surface area contributed by atoms with E-state index in [1.807, 2.05) is 25.1 Å². The second-order valence-electron chi connectivity index (χ2n) is 4.81. The lowest BCUT2D eigenvalue weighted by Crippen LogP contribution is -1.99. The van der Waals surface area contributed by atoms with E-state index in [0.29, 0.717) is 27.8 Å². The fraction of sp³-hybridized carbons (Fsp3) is 0.118. The van der Waals surface area contributed by atoms with Gasteiger partial charge in [-0.05, 0) is 42.3 Å². The molecule has 0 fully saturated rings. The lowest BCUT2D eigenvalue weighted by atomic mass is 10.0. The van der Waals surface area contributed by atoms with E-state index in [2.05, 4.69) is 0 Å². The van der Waals surface area contributed by atoms with E-state index in [1.165, 1.54) is 0 Å². The Balaban J connectivity index is 2.02. The number of ether oxygens (including phenoxy) is 2. The predicted octanol–water partition coefficient (Wildman–Crippen LogP) is 4.27. The minimum absolute atomic E-state index is 0.120. The van der Waals surface area contributed by atoms with Crippen molar-refractivity contribution in [2.45, 2.75) is 6.92 Å². The predicted molar refractivity (Wildman–Crippen MR) is 82.1 cm³/mol. The Morgan fingerprint density at radius 2 is 2.05 bits per heavy atom. The number of methoxy groups -OCH3 is 1. The van der Waals surface area contributed by atoms with Crippen LogP contribution in [0.15, 0.2) is 42.2 Å². The summed E-state index contributed by atoms with van der Waals surface area (Å²) in [6.07, 6.45) is 1.69. The third kappa shape index (κ3) is 2.52. The van der Waals surface area contributed by atoms with E-state index in [0.717, 1.165) is 11.1 Å². The molecule has 3 nitrogen and oxygen atoms in total. The number of carbonyl (C=O) groups is 1. The summed E-state index contributed by atoms with van der Waals surface area (Å²) in [5.41, 5.74) is 2.25. The molecular formula is C17H13ClO3. The standard InChI is InChI=1S/C17H13ClO3/c1-10-6-13(20-2)9-14-16(10)17(19)15(21-14)8-11-4-3-5-12(18)7-11/h3-9H,1-2H3/b15-8-. The molecule has 0 saturated carbocycles. The van der Waals surface area contributed by atoms with Crippen molar-refractivity contribution in [3.8, 4) is 11.5 Å². The first-order valence-electron chi connectivity index (χ1n) is 6.47. The van der Waals surface area contributed by atoms with Crippen LogP contribution < -0.4 is 9.47 Å². The third-order valence-electron chi connectivity index (χ3n) is 3.33. The quantitative estimate of drug-likeness (QED) is 0.777. The minimum atomic E-state index is -0.120. The number of aryl methyl sites for hydroxylation is 1. The van der Waals surface area contributed by atoms with Crippen molar-refractivity contribution in [2.24, 2.45) is 0 Å². The first kappa shape index (κ1) is 13.7. The summed E-state index contributed by atoms with van der Waals surface area (Å²) >= 11 is 5.95. The molecule has 2 aromatic rings. The summed E-state index contributed by atoms with van der Waals surface area (Å²) < 4.78 is 10.9. The summed E-state index contributed by atoms with van der Waals surface area (Å²) in [4.78, 5) is 12.4. The van der Waals surface area contributed by atoms with Crippen LogP contribution in [0.1, 0.15) is 21.5 Å². The first-order valence-corrected chi connectivity index (χ1v) is 6.85. The summed E-state index contributed by atoms with van der Waals surface area (Å²) in [5, 5.41) is 0.616. The topological polar surface area (TPSA) is 35.5 Å². The maximum Gasteiger partial charge on any atom is 0.232 e. The summed E-state index contributed by atoms with van der Waals surface area (Å²) in [6, 6.07) is 10.8.